The van der Waals surface area contributed by atoms with E-state index in [1.165, 1.54) is 0 Å². The van der Waals surface area contributed by atoms with E-state index < -0.39 is 6.10 Å². The zero-order valence-corrected chi connectivity index (χ0v) is 12.7. The lowest BCUT2D eigenvalue weighted by atomic mass is 10.1. The van der Waals surface area contributed by atoms with Crippen molar-refractivity contribution in [2.24, 2.45) is 0 Å². The van der Waals surface area contributed by atoms with Crippen LogP contribution >= 0.6 is 0 Å². The smallest absolute Gasteiger partial charge is 0.263 e. The van der Waals surface area contributed by atoms with E-state index in [9.17, 15) is 4.79 Å². The van der Waals surface area contributed by atoms with Gasteiger partial charge in [0.25, 0.3) is 5.91 Å². The Hall–Kier alpha value is -2.06. The number of carbonyl (C=O) groups is 1. The number of nitrogens with zero attached hydrogens (tertiary/aromatic N) is 2. The lowest BCUT2D eigenvalue weighted by Crippen LogP contribution is -2.54. The zero-order valence-electron chi connectivity index (χ0n) is 12.7. The Morgan fingerprint density at radius 3 is 2.91 bits per heavy atom. The molecule has 0 bridgehead atoms. The summed E-state index contributed by atoms with van der Waals surface area (Å²) < 4.78 is 11.5. The quantitative estimate of drug-likeness (QED) is 0.857. The fourth-order valence-electron chi connectivity index (χ4n) is 3.30. The van der Waals surface area contributed by atoms with Gasteiger partial charge >= 0.3 is 0 Å². The number of nitriles is 1. The van der Waals surface area contributed by atoms with Crippen LogP contribution in [0.4, 0.5) is 0 Å². The Bertz CT molecular complexity index is 579. The highest BCUT2D eigenvalue weighted by Gasteiger charge is 2.39. The average Bonchev–Trinajstić information content (AvgIpc) is 3.03. The molecule has 1 amide bonds. The summed E-state index contributed by atoms with van der Waals surface area (Å²) in [4.78, 5) is 14.6. The van der Waals surface area contributed by atoms with Crippen LogP contribution in [-0.2, 0) is 9.53 Å². The van der Waals surface area contributed by atoms with Gasteiger partial charge < -0.3 is 14.4 Å². The van der Waals surface area contributed by atoms with Crippen LogP contribution in [0.15, 0.2) is 24.3 Å². The number of hydrogen-bond donors (Lipinski definition) is 0. The summed E-state index contributed by atoms with van der Waals surface area (Å²) in [6.45, 7) is 3.03. The fourth-order valence-corrected chi connectivity index (χ4v) is 3.30. The molecule has 0 N–H and O–H groups in total. The number of hydrogen-bond acceptors (Lipinski definition) is 4. The molecule has 22 heavy (non-hydrogen) atoms. The van der Waals surface area contributed by atoms with Crippen molar-refractivity contribution in [1.82, 2.24) is 4.90 Å². The predicted molar refractivity (Wildman–Crippen MR) is 80.3 cm³/mol. The molecule has 116 valence electrons. The van der Waals surface area contributed by atoms with Crippen LogP contribution in [-0.4, -0.2) is 42.2 Å². The normalized spacial score (nSPS) is 25.2. The molecule has 1 aliphatic carbocycles. The minimum atomic E-state index is -0.535. The Kier molecular flexibility index (Phi) is 4.30. The van der Waals surface area contributed by atoms with Gasteiger partial charge in [0, 0.05) is 6.54 Å². The van der Waals surface area contributed by atoms with Gasteiger partial charge in [-0.1, -0.05) is 0 Å². The van der Waals surface area contributed by atoms with E-state index >= 15 is 0 Å². The first-order valence-corrected chi connectivity index (χ1v) is 7.78. The molecule has 1 aromatic carbocycles. The van der Waals surface area contributed by atoms with Crippen molar-refractivity contribution in [2.45, 2.75) is 44.4 Å². The molecular formula is C17H20N2O3. The lowest BCUT2D eigenvalue weighted by molar-refractivity contribution is -0.150. The van der Waals surface area contributed by atoms with E-state index in [1.54, 1.807) is 31.2 Å². The zero-order chi connectivity index (χ0) is 15.5. The largest absolute Gasteiger partial charge is 0.481 e. The average molecular weight is 300 g/mol. The first kappa shape index (κ1) is 14.9. The van der Waals surface area contributed by atoms with Gasteiger partial charge in [0.1, 0.15) is 5.75 Å². The molecule has 1 heterocycles. The van der Waals surface area contributed by atoms with Crippen LogP contribution in [0.3, 0.4) is 0 Å². The van der Waals surface area contributed by atoms with Gasteiger partial charge in [0.2, 0.25) is 0 Å². The molecule has 2 aliphatic rings. The van der Waals surface area contributed by atoms with Crippen LogP contribution < -0.4 is 4.74 Å². The van der Waals surface area contributed by atoms with E-state index in [2.05, 4.69) is 6.07 Å². The molecule has 1 saturated carbocycles. The number of amides is 1. The Labute approximate surface area is 130 Å². The summed E-state index contributed by atoms with van der Waals surface area (Å²) in [6.07, 6.45) is 2.83. The van der Waals surface area contributed by atoms with Gasteiger partial charge in [-0.3, -0.25) is 4.79 Å². The number of fused-ring (bicyclic) bond motifs is 1. The molecule has 1 aliphatic heterocycles. The summed E-state index contributed by atoms with van der Waals surface area (Å²) in [5, 5.41) is 8.79. The maximum absolute atomic E-state index is 12.7. The minimum absolute atomic E-state index is 0.0181. The van der Waals surface area contributed by atoms with Crippen LogP contribution in [0.5, 0.6) is 5.75 Å². The van der Waals surface area contributed by atoms with Crippen LogP contribution in [0.1, 0.15) is 31.7 Å². The first-order valence-electron chi connectivity index (χ1n) is 7.78. The van der Waals surface area contributed by atoms with Crippen molar-refractivity contribution in [2.75, 3.05) is 13.2 Å². The van der Waals surface area contributed by atoms with Crippen molar-refractivity contribution in [3.05, 3.63) is 29.8 Å². The topological polar surface area (TPSA) is 62.6 Å². The molecule has 1 saturated heterocycles. The molecule has 0 spiro atoms. The van der Waals surface area contributed by atoms with Crippen molar-refractivity contribution in [1.29, 1.82) is 5.26 Å². The molecule has 3 unspecified atom stereocenters. The molecule has 3 rings (SSSR count). The third kappa shape index (κ3) is 2.93. The molecule has 3 atom stereocenters. The number of morpholine rings is 1. The van der Waals surface area contributed by atoms with E-state index in [0.717, 1.165) is 19.3 Å². The van der Waals surface area contributed by atoms with Gasteiger partial charge in [-0.25, -0.2) is 0 Å². The Morgan fingerprint density at radius 2 is 2.18 bits per heavy atom. The van der Waals surface area contributed by atoms with Crippen molar-refractivity contribution in [3.63, 3.8) is 0 Å². The second kappa shape index (κ2) is 6.37. The van der Waals surface area contributed by atoms with Gasteiger partial charge in [-0.2, -0.15) is 5.26 Å². The van der Waals surface area contributed by atoms with Gasteiger partial charge in [-0.15, -0.1) is 0 Å². The summed E-state index contributed by atoms with van der Waals surface area (Å²) in [5.41, 5.74) is 0.577. The van der Waals surface area contributed by atoms with E-state index in [4.69, 9.17) is 14.7 Å². The summed E-state index contributed by atoms with van der Waals surface area (Å²) >= 11 is 0. The van der Waals surface area contributed by atoms with Crippen LogP contribution in [0.25, 0.3) is 0 Å². The molecule has 1 aromatic rings. The van der Waals surface area contributed by atoms with Gasteiger partial charge in [-0.05, 0) is 50.5 Å². The fraction of sp³-hybridized carbons (Fsp3) is 0.529. The highest BCUT2D eigenvalue weighted by atomic mass is 16.5. The third-order valence-electron chi connectivity index (χ3n) is 4.41. The molecule has 0 aromatic heterocycles. The number of carbonyl (C=O) groups excluding carboxylic acids is 1. The SMILES string of the molecule is CC(Oc1ccc(C#N)cc1)C(=O)N1CCOC2CCCC21. The van der Waals surface area contributed by atoms with Crippen molar-refractivity contribution < 1.29 is 14.3 Å². The third-order valence-corrected chi connectivity index (χ3v) is 4.41. The minimum Gasteiger partial charge on any atom is -0.481 e. The standard InChI is InChI=1S/C17H20N2O3/c1-12(22-14-7-5-13(11-18)6-8-14)17(20)19-9-10-21-16-4-2-3-15(16)19/h5-8,12,15-16H,2-4,9-10H2,1H3. The van der Waals surface area contributed by atoms with E-state index in [0.29, 0.717) is 24.5 Å². The Balaban J connectivity index is 1.64. The molecule has 0 radical (unpaired) electrons. The predicted octanol–water partition coefficient (Wildman–Crippen LogP) is 2.11. The summed E-state index contributed by atoms with van der Waals surface area (Å²) in [5.74, 6) is 0.626. The van der Waals surface area contributed by atoms with E-state index in [-0.39, 0.29) is 18.1 Å². The monoisotopic (exact) mass is 300 g/mol. The van der Waals surface area contributed by atoms with Crippen LogP contribution in [0.2, 0.25) is 0 Å². The van der Waals surface area contributed by atoms with Crippen molar-refractivity contribution >= 4 is 5.91 Å². The maximum atomic E-state index is 12.7. The van der Waals surface area contributed by atoms with E-state index in [1.807, 2.05) is 4.90 Å². The first-order chi connectivity index (χ1) is 10.7. The number of ether oxygens (including phenoxy) is 2. The summed E-state index contributed by atoms with van der Waals surface area (Å²) in [6, 6.07) is 9.09. The molecular weight excluding hydrogens is 280 g/mol. The molecule has 2 fully saturated rings. The van der Waals surface area contributed by atoms with Gasteiger partial charge in [0.05, 0.1) is 30.4 Å². The lowest BCUT2D eigenvalue weighted by Gasteiger charge is -2.38. The molecule has 5 nitrogen and oxygen atoms in total. The maximum Gasteiger partial charge on any atom is 0.263 e. The summed E-state index contributed by atoms with van der Waals surface area (Å²) in [7, 11) is 0. The second-order valence-electron chi connectivity index (χ2n) is 5.84. The second-order valence-corrected chi connectivity index (χ2v) is 5.84. The highest BCUT2D eigenvalue weighted by Crippen LogP contribution is 2.30. The van der Waals surface area contributed by atoms with Crippen LogP contribution in [0, 0.1) is 11.3 Å². The van der Waals surface area contributed by atoms with Crippen molar-refractivity contribution in [3.8, 4) is 11.8 Å². The molecule has 5 heteroatoms. The number of rotatable bonds is 3. The van der Waals surface area contributed by atoms with Gasteiger partial charge in [0.15, 0.2) is 6.10 Å². The highest BCUT2D eigenvalue weighted by molar-refractivity contribution is 5.81. The Morgan fingerprint density at radius 1 is 1.41 bits per heavy atom. The number of benzene rings is 1.